The first-order valence-electron chi connectivity index (χ1n) is 17.1. The Morgan fingerprint density at radius 3 is 1.84 bits per heavy atom. The van der Waals surface area contributed by atoms with Crippen LogP contribution < -0.4 is 5.32 Å². The smallest absolute Gasteiger partial charge is 0.463 e. The molecular formula is C37H44NO15PS. The molecule has 0 aromatic heterocycles. The minimum atomic E-state index is -4.64. The Kier molecular flexibility index (Phi) is 16.1. The molecule has 1 N–H and O–H groups in total. The number of ether oxygens (including phenoxy) is 5. The number of esters is 3. The van der Waals surface area contributed by atoms with Gasteiger partial charge in [0.25, 0.3) is 0 Å². The predicted molar refractivity (Wildman–Crippen MR) is 193 cm³/mol. The lowest BCUT2D eigenvalue weighted by molar-refractivity contribution is -0.269. The van der Waals surface area contributed by atoms with Gasteiger partial charge in [0.1, 0.15) is 31.5 Å². The highest BCUT2D eigenvalue weighted by atomic mass is 32.2. The average molecular weight is 806 g/mol. The molecule has 55 heavy (non-hydrogen) atoms. The second kappa shape index (κ2) is 20.4. The first-order valence-corrected chi connectivity index (χ1v) is 20.3. The monoisotopic (exact) mass is 805 g/mol. The standard InChI is InChI=1S/C37H44NO15PS/c1-25(36(42)46-20-21-55(44,45)31-18-12-7-13-19-31)50-35-33(38-26(2)39)37(52-32(24-47-27(3)40)34(35)51-28(4)41)53-54(43,48-22-29-14-8-5-9-15-29)49-23-30-16-10-6-11-17-30/h5-19,25,32-35,37H,20-24H2,1-4H3,(H,38,39)/t25-,32-,33-,34-,35-,37-/m1/s1. The fraction of sp³-hybridized carbons (Fsp3) is 0.405. The fourth-order valence-corrected chi connectivity index (χ4v) is 7.65. The van der Waals surface area contributed by atoms with E-state index in [9.17, 15) is 32.2 Å². The van der Waals surface area contributed by atoms with Crippen molar-refractivity contribution in [3.05, 3.63) is 102 Å². The molecule has 0 aliphatic carbocycles. The Hall–Kier alpha value is -4.48. The number of hydrogen-bond acceptors (Lipinski definition) is 15. The van der Waals surface area contributed by atoms with E-state index in [0.717, 1.165) is 20.8 Å². The van der Waals surface area contributed by atoms with Gasteiger partial charge in [0, 0.05) is 20.8 Å². The Morgan fingerprint density at radius 1 is 0.782 bits per heavy atom. The number of carbonyl (C=O) groups is 4. The van der Waals surface area contributed by atoms with Crippen molar-refractivity contribution in [1.29, 1.82) is 0 Å². The molecule has 1 heterocycles. The SMILES string of the molecule is CC(=O)N[C@H]1[C@@H](OP(=O)(OCc2ccccc2)OCc2ccccc2)O[C@H](COC(C)=O)[C@@H](OC(C)=O)[C@@H]1O[C@H](C)C(=O)OCCS(=O)(=O)c1ccccc1. The van der Waals surface area contributed by atoms with E-state index in [0.29, 0.717) is 11.1 Å². The quantitative estimate of drug-likeness (QED) is 0.103. The molecule has 1 saturated heterocycles. The number of carbonyl (C=O) groups excluding carboxylic acids is 4. The van der Waals surface area contributed by atoms with Crippen LogP contribution in [-0.4, -0.2) is 87.9 Å². The van der Waals surface area contributed by atoms with E-state index in [1.54, 1.807) is 78.9 Å². The molecule has 4 rings (SSSR count). The van der Waals surface area contributed by atoms with E-state index in [4.69, 9.17) is 37.3 Å². The van der Waals surface area contributed by atoms with Gasteiger partial charge in [-0.3, -0.25) is 28.0 Å². The number of hydrogen-bond donors (Lipinski definition) is 1. The maximum atomic E-state index is 14.4. The van der Waals surface area contributed by atoms with Crippen LogP contribution in [0.3, 0.4) is 0 Å². The number of benzene rings is 3. The summed E-state index contributed by atoms with van der Waals surface area (Å²) in [6, 6.07) is 23.6. The molecule has 0 radical (unpaired) electrons. The van der Waals surface area contributed by atoms with Crippen LogP contribution in [0.5, 0.6) is 0 Å². The summed E-state index contributed by atoms with van der Waals surface area (Å²) >= 11 is 0. The maximum absolute atomic E-state index is 14.4. The summed E-state index contributed by atoms with van der Waals surface area (Å²) in [4.78, 5) is 50.2. The van der Waals surface area contributed by atoms with E-state index >= 15 is 0 Å². The van der Waals surface area contributed by atoms with Gasteiger partial charge < -0.3 is 29.0 Å². The second-order valence-electron chi connectivity index (χ2n) is 12.3. The van der Waals surface area contributed by atoms with E-state index in [1.165, 1.54) is 19.1 Å². The molecule has 3 aromatic carbocycles. The fourth-order valence-electron chi connectivity index (χ4n) is 5.30. The zero-order valence-corrected chi connectivity index (χ0v) is 32.3. The van der Waals surface area contributed by atoms with Crippen LogP contribution in [0.25, 0.3) is 0 Å². The van der Waals surface area contributed by atoms with Crippen LogP contribution in [0.15, 0.2) is 95.9 Å². The van der Waals surface area contributed by atoms with E-state index in [1.807, 2.05) is 0 Å². The lowest BCUT2D eigenvalue weighted by Gasteiger charge is -2.46. The first kappa shape index (κ1) is 43.3. The molecule has 1 fully saturated rings. The van der Waals surface area contributed by atoms with Crippen molar-refractivity contribution in [1.82, 2.24) is 5.32 Å². The third-order valence-corrected chi connectivity index (χ3v) is 10.9. The van der Waals surface area contributed by atoms with Gasteiger partial charge in [-0.15, -0.1) is 0 Å². The van der Waals surface area contributed by atoms with Crippen LogP contribution in [0.4, 0.5) is 0 Å². The van der Waals surface area contributed by atoms with Crippen molar-refractivity contribution in [3.63, 3.8) is 0 Å². The highest BCUT2D eigenvalue weighted by Crippen LogP contribution is 2.53. The molecule has 3 aromatic rings. The zero-order chi connectivity index (χ0) is 40.0. The number of phosphoric ester groups is 1. The number of nitrogens with one attached hydrogen (secondary N) is 1. The second-order valence-corrected chi connectivity index (χ2v) is 16.0. The molecule has 1 amide bonds. The topological polar surface area (TPSA) is 205 Å². The lowest BCUT2D eigenvalue weighted by atomic mass is 9.96. The zero-order valence-electron chi connectivity index (χ0n) is 30.6. The van der Waals surface area contributed by atoms with Gasteiger partial charge >= 0.3 is 25.7 Å². The average Bonchev–Trinajstić information content (AvgIpc) is 3.15. The largest absolute Gasteiger partial charge is 0.477 e. The summed E-state index contributed by atoms with van der Waals surface area (Å²) in [5.74, 6) is -3.76. The van der Waals surface area contributed by atoms with Crippen LogP contribution >= 0.6 is 7.82 Å². The highest BCUT2D eigenvalue weighted by molar-refractivity contribution is 7.91. The van der Waals surface area contributed by atoms with Gasteiger partial charge in [-0.2, -0.15) is 0 Å². The Balaban J connectivity index is 1.64. The van der Waals surface area contributed by atoms with Crippen LogP contribution in [-0.2, 0) is 84.0 Å². The third-order valence-electron chi connectivity index (χ3n) is 7.86. The van der Waals surface area contributed by atoms with Crippen LogP contribution in [0.1, 0.15) is 38.8 Å². The number of phosphoric acid groups is 1. The van der Waals surface area contributed by atoms with Crippen LogP contribution in [0.2, 0.25) is 0 Å². The van der Waals surface area contributed by atoms with Gasteiger partial charge in [-0.25, -0.2) is 17.8 Å². The van der Waals surface area contributed by atoms with E-state index in [-0.39, 0.29) is 18.1 Å². The maximum Gasteiger partial charge on any atom is 0.477 e. The minimum Gasteiger partial charge on any atom is -0.463 e. The molecular weight excluding hydrogens is 761 g/mol. The molecule has 0 bridgehead atoms. The lowest BCUT2D eigenvalue weighted by Crippen LogP contribution is -2.66. The van der Waals surface area contributed by atoms with Gasteiger partial charge in [0.2, 0.25) is 5.91 Å². The van der Waals surface area contributed by atoms with Crippen molar-refractivity contribution in [3.8, 4) is 0 Å². The van der Waals surface area contributed by atoms with Crippen molar-refractivity contribution < 1.29 is 69.4 Å². The van der Waals surface area contributed by atoms with Crippen LogP contribution in [0, 0.1) is 0 Å². The van der Waals surface area contributed by atoms with Crippen molar-refractivity contribution >= 4 is 41.5 Å². The highest BCUT2D eigenvalue weighted by Gasteiger charge is 2.53. The molecule has 0 saturated carbocycles. The molecule has 298 valence electrons. The summed E-state index contributed by atoms with van der Waals surface area (Å²) in [5.41, 5.74) is 1.23. The normalized spacial score (nSPS) is 20.5. The van der Waals surface area contributed by atoms with E-state index < -0.39 is 97.2 Å². The predicted octanol–water partition coefficient (Wildman–Crippen LogP) is 4.06. The van der Waals surface area contributed by atoms with Crippen molar-refractivity contribution in [2.24, 2.45) is 0 Å². The first-order chi connectivity index (χ1) is 26.2. The molecule has 6 atom stereocenters. The van der Waals surface area contributed by atoms with Crippen molar-refractivity contribution in [2.75, 3.05) is 19.0 Å². The summed E-state index contributed by atoms with van der Waals surface area (Å²) in [6.45, 7) is 3.11. The van der Waals surface area contributed by atoms with E-state index in [2.05, 4.69) is 5.32 Å². The van der Waals surface area contributed by atoms with Gasteiger partial charge in [0.05, 0.1) is 23.9 Å². The number of amides is 1. The molecule has 16 nitrogen and oxygen atoms in total. The Bertz CT molecular complexity index is 1830. The molecule has 1 aliphatic rings. The Labute approximate surface area is 319 Å². The minimum absolute atomic E-state index is 0.0441. The molecule has 0 unspecified atom stereocenters. The molecule has 18 heteroatoms. The summed E-state index contributed by atoms with van der Waals surface area (Å²) < 4.78 is 85.6. The summed E-state index contributed by atoms with van der Waals surface area (Å²) in [7, 11) is -8.43. The third kappa shape index (κ3) is 13.6. The van der Waals surface area contributed by atoms with Gasteiger partial charge in [-0.1, -0.05) is 78.9 Å². The summed E-state index contributed by atoms with van der Waals surface area (Å²) in [6.07, 6.45) is -7.64. The number of rotatable bonds is 19. The van der Waals surface area contributed by atoms with Crippen molar-refractivity contribution in [2.45, 2.75) is 82.6 Å². The van der Waals surface area contributed by atoms with Gasteiger partial charge in [0.15, 0.2) is 28.3 Å². The van der Waals surface area contributed by atoms with Gasteiger partial charge in [-0.05, 0) is 30.2 Å². The molecule has 1 aliphatic heterocycles. The number of sulfone groups is 1. The summed E-state index contributed by atoms with van der Waals surface area (Å²) in [5, 5.41) is 2.59. The molecule has 0 spiro atoms. The Morgan fingerprint density at radius 2 is 1.33 bits per heavy atom.